The van der Waals surface area contributed by atoms with Gasteiger partial charge in [0.2, 0.25) is 11.8 Å². The van der Waals surface area contributed by atoms with E-state index in [2.05, 4.69) is 15.4 Å². The second kappa shape index (κ2) is 11.4. The predicted octanol–water partition coefficient (Wildman–Crippen LogP) is 4.96. The summed E-state index contributed by atoms with van der Waals surface area (Å²) in [5.41, 5.74) is 1.56. The molecule has 0 spiro atoms. The minimum Gasteiger partial charge on any atom is -0.457 e. The quantitative estimate of drug-likeness (QED) is 0.346. The molecule has 1 N–H and O–H groups in total. The van der Waals surface area contributed by atoms with Crippen molar-refractivity contribution < 1.29 is 18.7 Å². The van der Waals surface area contributed by atoms with Crippen LogP contribution in [0.5, 0.6) is 11.5 Å². The Morgan fingerprint density at radius 2 is 1.74 bits per heavy atom. The number of likely N-dealkylation sites (tertiary alicyclic amines) is 1. The molecule has 1 saturated heterocycles. The Labute approximate surface area is 224 Å². The summed E-state index contributed by atoms with van der Waals surface area (Å²) >= 11 is 6.37. The van der Waals surface area contributed by atoms with Crippen molar-refractivity contribution in [1.82, 2.24) is 19.7 Å². The molecular weight excluding hydrogens is 509 g/mol. The molecule has 1 aromatic heterocycles. The third kappa shape index (κ3) is 6.18. The van der Waals surface area contributed by atoms with E-state index in [9.17, 15) is 14.0 Å². The molecule has 4 aromatic rings. The van der Waals surface area contributed by atoms with Gasteiger partial charge in [-0.1, -0.05) is 29.8 Å². The number of nitrogens with one attached hydrogen (secondary N) is 1. The molecule has 2 atom stereocenters. The number of hydrogen-bond donors (Lipinski definition) is 1. The molecule has 5 rings (SSSR count). The summed E-state index contributed by atoms with van der Waals surface area (Å²) in [6.45, 7) is 0.430. The number of ether oxygens (including phenoxy) is 1. The number of halogens is 2. The first-order chi connectivity index (χ1) is 18.4. The zero-order valence-corrected chi connectivity index (χ0v) is 21.1. The maximum Gasteiger partial charge on any atom is 0.247 e. The molecule has 8 nitrogen and oxygen atoms in total. The zero-order chi connectivity index (χ0) is 26.5. The van der Waals surface area contributed by atoms with Crippen LogP contribution in [0.4, 0.5) is 10.1 Å². The van der Waals surface area contributed by atoms with E-state index in [4.69, 9.17) is 16.3 Å². The van der Waals surface area contributed by atoms with Gasteiger partial charge in [0.05, 0.1) is 0 Å². The number of rotatable bonds is 8. The molecule has 0 radical (unpaired) electrons. The van der Waals surface area contributed by atoms with E-state index in [1.165, 1.54) is 41.6 Å². The maximum atomic E-state index is 13.4. The first-order valence-corrected chi connectivity index (χ1v) is 12.5. The van der Waals surface area contributed by atoms with Gasteiger partial charge in [-0.25, -0.2) is 14.1 Å². The van der Waals surface area contributed by atoms with Gasteiger partial charge in [-0.15, -0.1) is 0 Å². The third-order valence-corrected chi connectivity index (χ3v) is 6.78. The molecule has 38 heavy (non-hydrogen) atoms. The smallest absolute Gasteiger partial charge is 0.247 e. The van der Waals surface area contributed by atoms with Gasteiger partial charge in [0.1, 0.15) is 42.6 Å². The minimum atomic E-state index is -0.645. The van der Waals surface area contributed by atoms with E-state index in [-0.39, 0.29) is 30.1 Å². The molecular formula is C28H25ClFN5O3. The van der Waals surface area contributed by atoms with Crippen molar-refractivity contribution in [3.8, 4) is 11.5 Å². The molecule has 10 heteroatoms. The van der Waals surface area contributed by atoms with Gasteiger partial charge in [-0.2, -0.15) is 5.10 Å². The van der Waals surface area contributed by atoms with E-state index >= 15 is 0 Å². The first-order valence-electron chi connectivity index (χ1n) is 12.1. The highest BCUT2D eigenvalue weighted by Gasteiger charge is 2.39. The lowest BCUT2D eigenvalue weighted by atomic mass is 9.96. The number of aromatic nitrogens is 3. The summed E-state index contributed by atoms with van der Waals surface area (Å²) < 4.78 is 20.3. The second-order valence-electron chi connectivity index (χ2n) is 9.12. The van der Waals surface area contributed by atoms with Crippen molar-refractivity contribution in [1.29, 1.82) is 0 Å². The van der Waals surface area contributed by atoms with Crippen LogP contribution in [0.15, 0.2) is 85.5 Å². The Balaban J connectivity index is 1.27. The summed E-state index contributed by atoms with van der Waals surface area (Å²) in [6, 6.07) is 19.5. The summed E-state index contributed by atoms with van der Waals surface area (Å²) in [6.07, 6.45) is 4.00. The van der Waals surface area contributed by atoms with Crippen molar-refractivity contribution in [2.75, 3.05) is 11.9 Å². The normalized spacial score (nSPS) is 16.8. The number of hydrogen-bond acceptors (Lipinski definition) is 5. The number of nitrogens with zero attached hydrogens (tertiary/aromatic N) is 4. The van der Waals surface area contributed by atoms with Crippen molar-refractivity contribution in [2.24, 2.45) is 5.92 Å². The third-order valence-electron chi connectivity index (χ3n) is 6.41. The fourth-order valence-corrected chi connectivity index (χ4v) is 4.80. The van der Waals surface area contributed by atoms with E-state index < -0.39 is 6.04 Å². The van der Waals surface area contributed by atoms with Gasteiger partial charge >= 0.3 is 0 Å². The topological polar surface area (TPSA) is 89.4 Å². The number of amides is 2. The van der Waals surface area contributed by atoms with Crippen molar-refractivity contribution in [2.45, 2.75) is 25.4 Å². The number of anilines is 1. The Bertz CT molecular complexity index is 1400. The number of carbonyl (C=O) groups excluding carboxylic acids is 2. The highest BCUT2D eigenvalue weighted by molar-refractivity contribution is 6.31. The van der Waals surface area contributed by atoms with Crippen molar-refractivity contribution in [3.05, 3.63) is 102 Å². The van der Waals surface area contributed by atoms with Crippen LogP contribution < -0.4 is 10.1 Å². The first kappa shape index (κ1) is 25.4. The monoisotopic (exact) mass is 533 g/mol. The Morgan fingerprint density at radius 1 is 1.03 bits per heavy atom. The largest absolute Gasteiger partial charge is 0.457 e. The van der Waals surface area contributed by atoms with Crippen LogP contribution in [0, 0.1) is 11.7 Å². The zero-order valence-electron chi connectivity index (χ0n) is 20.3. The lowest BCUT2D eigenvalue weighted by Gasteiger charge is -2.24. The Morgan fingerprint density at radius 3 is 2.42 bits per heavy atom. The van der Waals surface area contributed by atoms with Gasteiger partial charge in [0, 0.05) is 17.3 Å². The molecule has 2 amide bonds. The SMILES string of the molecule is O=C(Nc1ccc(Oc2ccc(F)cc2)cc1)[C@@H]1C[C@@H](Cc2ccccc2Cl)CN1C(=O)Cn1cncn1. The molecule has 1 fully saturated rings. The highest BCUT2D eigenvalue weighted by atomic mass is 35.5. The fraction of sp³-hybridized carbons (Fsp3) is 0.214. The van der Waals surface area contributed by atoms with Gasteiger partial charge in [0.25, 0.3) is 0 Å². The van der Waals surface area contributed by atoms with Crippen LogP contribution in [0.3, 0.4) is 0 Å². The van der Waals surface area contributed by atoms with Crippen LogP contribution in [-0.4, -0.2) is 44.1 Å². The Kier molecular flexibility index (Phi) is 7.65. The standard InChI is InChI=1S/C28H25ClFN5O3/c29-25-4-2-1-3-20(25)13-19-14-26(35(15-19)27(36)16-34-18-31-17-32-34)28(37)33-22-7-11-24(12-8-22)38-23-9-5-21(30)6-10-23/h1-12,17-19,26H,13-16H2,(H,33,37)/t19-,26+/m1/s1. The van der Waals surface area contributed by atoms with E-state index in [1.54, 1.807) is 29.2 Å². The lowest BCUT2D eigenvalue weighted by molar-refractivity contribution is -0.137. The van der Waals surface area contributed by atoms with Crippen LogP contribution in [0.2, 0.25) is 5.02 Å². The van der Waals surface area contributed by atoms with E-state index in [1.807, 2.05) is 24.3 Å². The predicted molar refractivity (Wildman–Crippen MR) is 140 cm³/mol. The van der Waals surface area contributed by atoms with Crippen LogP contribution in [-0.2, 0) is 22.6 Å². The molecule has 0 saturated carbocycles. The highest BCUT2D eigenvalue weighted by Crippen LogP contribution is 2.30. The van der Waals surface area contributed by atoms with Crippen LogP contribution in [0.25, 0.3) is 0 Å². The molecule has 3 aromatic carbocycles. The molecule has 1 aliphatic rings. The van der Waals surface area contributed by atoms with Crippen molar-refractivity contribution in [3.63, 3.8) is 0 Å². The number of carbonyl (C=O) groups is 2. The summed E-state index contributed by atoms with van der Waals surface area (Å²) in [4.78, 5) is 32.1. The van der Waals surface area contributed by atoms with Gasteiger partial charge < -0.3 is 15.0 Å². The molecule has 2 heterocycles. The maximum absolute atomic E-state index is 13.4. The van der Waals surface area contributed by atoms with Crippen molar-refractivity contribution >= 4 is 29.1 Å². The molecule has 0 aliphatic carbocycles. The van der Waals surface area contributed by atoms with E-state index in [0.717, 1.165) is 5.56 Å². The minimum absolute atomic E-state index is 0.00197. The summed E-state index contributed by atoms with van der Waals surface area (Å²) in [7, 11) is 0. The van der Waals surface area contributed by atoms with Crippen LogP contribution >= 0.6 is 11.6 Å². The average Bonchev–Trinajstić information content (AvgIpc) is 3.58. The average molecular weight is 534 g/mol. The number of benzene rings is 3. The van der Waals surface area contributed by atoms with Gasteiger partial charge in [-0.3, -0.25) is 9.59 Å². The molecule has 0 bridgehead atoms. The second-order valence-corrected chi connectivity index (χ2v) is 9.53. The molecule has 1 aliphatic heterocycles. The van der Waals surface area contributed by atoms with Gasteiger partial charge in [-0.05, 0) is 78.9 Å². The van der Waals surface area contributed by atoms with E-state index in [0.29, 0.717) is 41.6 Å². The Hall–Kier alpha value is -4.24. The lowest BCUT2D eigenvalue weighted by Crippen LogP contribution is -2.44. The van der Waals surface area contributed by atoms with Crippen LogP contribution in [0.1, 0.15) is 12.0 Å². The molecule has 0 unspecified atom stereocenters. The summed E-state index contributed by atoms with van der Waals surface area (Å²) in [5, 5.41) is 7.61. The van der Waals surface area contributed by atoms with Gasteiger partial charge in [0.15, 0.2) is 0 Å². The molecule has 194 valence electrons. The fourth-order valence-electron chi connectivity index (χ4n) is 4.58. The summed E-state index contributed by atoms with van der Waals surface area (Å²) in [5.74, 6) is 0.286.